The summed E-state index contributed by atoms with van der Waals surface area (Å²) >= 11 is 1.43. The second-order valence-corrected chi connectivity index (χ2v) is 7.33. The first kappa shape index (κ1) is 19.1. The van der Waals surface area contributed by atoms with Crippen LogP contribution in [0, 0.1) is 5.92 Å². The molecular weight excluding hydrogens is 370 g/mol. The van der Waals surface area contributed by atoms with Gasteiger partial charge < -0.3 is 14.6 Å². The van der Waals surface area contributed by atoms with Gasteiger partial charge in [0, 0.05) is 24.2 Å². The first-order valence-corrected chi connectivity index (χ1v) is 9.70. The molecule has 0 saturated carbocycles. The number of rotatable bonds is 5. The first-order valence-electron chi connectivity index (χ1n) is 8.82. The number of H-pyrrole nitrogens is 1. The van der Waals surface area contributed by atoms with Gasteiger partial charge in [0.2, 0.25) is 0 Å². The zero-order chi connectivity index (χ0) is 19.4. The van der Waals surface area contributed by atoms with Crippen molar-refractivity contribution in [3.63, 3.8) is 0 Å². The molecule has 0 spiro atoms. The maximum absolute atomic E-state index is 12.8. The molecular formula is C18H21N3O5S. The molecule has 8 nitrogen and oxygen atoms in total. The Morgan fingerprint density at radius 3 is 2.67 bits per heavy atom. The number of nitrogens with zero attached hydrogens (tertiary/aromatic N) is 2. The van der Waals surface area contributed by atoms with Gasteiger partial charge in [-0.1, -0.05) is 6.07 Å². The summed E-state index contributed by atoms with van der Waals surface area (Å²) in [6.45, 7) is 2.95. The molecule has 1 saturated heterocycles. The number of carbonyl (C=O) groups is 2. The smallest absolute Gasteiger partial charge is 0.328 e. The van der Waals surface area contributed by atoms with E-state index in [2.05, 4.69) is 4.98 Å². The summed E-state index contributed by atoms with van der Waals surface area (Å²) in [6, 6.07) is 3.66. The van der Waals surface area contributed by atoms with Gasteiger partial charge in [0.25, 0.3) is 11.5 Å². The van der Waals surface area contributed by atoms with Crippen molar-refractivity contribution in [2.45, 2.75) is 26.3 Å². The molecule has 3 heterocycles. The van der Waals surface area contributed by atoms with Crippen LogP contribution in [0.25, 0.3) is 0 Å². The number of aromatic nitrogens is 2. The Bertz CT molecular complexity index is 923. The first-order chi connectivity index (χ1) is 13.0. The molecule has 0 aromatic carbocycles. The van der Waals surface area contributed by atoms with Gasteiger partial charge >= 0.3 is 11.7 Å². The summed E-state index contributed by atoms with van der Waals surface area (Å²) in [6.07, 6.45) is 2.17. The van der Waals surface area contributed by atoms with Crippen molar-refractivity contribution in [1.29, 1.82) is 0 Å². The van der Waals surface area contributed by atoms with Crippen molar-refractivity contribution in [3.8, 4) is 0 Å². The fraction of sp³-hybridized carbons (Fsp3) is 0.444. The molecule has 1 N–H and O–H groups in total. The van der Waals surface area contributed by atoms with Gasteiger partial charge in [0.15, 0.2) is 0 Å². The third-order valence-corrected chi connectivity index (χ3v) is 5.45. The van der Waals surface area contributed by atoms with E-state index in [4.69, 9.17) is 4.74 Å². The van der Waals surface area contributed by atoms with Crippen LogP contribution in [0.5, 0.6) is 0 Å². The molecule has 27 heavy (non-hydrogen) atoms. The van der Waals surface area contributed by atoms with E-state index in [0.29, 0.717) is 32.5 Å². The number of nitrogens with one attached hydrogen (secondary N) is 1. The van der Waals surface area contributed by atoms with E-state index < -0.39 is 17.2 Å². The van der Waals surface area contributed by atoms with Gasteiger partial charge in [-0.15, -0.1) is 11.3 Å². The number of piperidine rings is 1. The van der Waals surface area contributed by atoms with E-state index in [0.717, 1.165) is 9.44 Å². The Morgan fingerprint density at radius 1 is 1.30 bits per heavy atom. The number of thiophene rings is 1. The van der Waals surface area contributed by atoms with E-state index in [-0.39, 0.29) is 24.0 Å². The third kappa shape index (κ3) is 4.19. The normalized spacial score (nSPS) is 14.9. The molecule has 9 heteroatoms. The lowest BCUT2D eigenvalue weighted by molar-refractivity contribution is -0.149. The van der Waals surface area contributed by atoms with Crippen LogP contribution in [0.4, 0.5) is 0 Å². The van der Waals surface area contributed by atoms with Gasteiger partial charge in [-0.2, -0.15) is 0 Å². The van der Waals surface area contributed by atoms with Crippen molar-refractivity contribution in [1.82, 2.24) is 14.5 Å². The molecule has 0 aliphatic carbocycles. The van der Waals surface area contributed by atoms with E-state index in [1.165, 1.54) is 17.5 Å². The maximum Gasteiger partial charge on any atom is 0.328 e. The van der Waals surface area contributed by atoms with E-state index in [1.54, 1.807) is 11.8 Å². The van der Waals surface area contributed by atoms with Crippen LogP contribution in [0.3, 0.4) is 0 Å². The molecule has 1 fully saturated rings. The fourth-order valence-corrected chi connectivity index (χ4v) is 3.81. The molecule has 0 radical (unpaired) electrons. The molecule has 3 rings (SSSR count). The Morgan fingerprint density at radius 2 is 2.04 bits per heavy atom. The van der Waals surface area contributed by atoms with Gasteiger partial charge in [-0.3, -0.25) is 19.0 Å². The summed E-state index contributed by atoms with van der Waals surface area (Å²) in [5, 5.41) is 1.86. The Balaban J connectivity index is 1.75. The second kappa shape index (κ2) is 8.34. The second-order valence-electron chi connectivity index (χ2n) is 6.30. The zero-order valence-electron chi connectivity index (χ0n) is 15.0. The lowest BCUT2D eigenvalue weighted by Gasteiger charge is -2.30. The summed E-state index contributed by atoms with van der Waals surface area (Å²) in [4.78, 5) is 54.2. The minimum atomic E-state index is -0.607. The number of carbonyl (C=O) groups excluding carboxylic acids is 2. The fourth-order valence-electron chi connectivity index (χ4n) is 3.12. The van der Waals surface area contributed by atoms with Crippen LogP contribution >= 0.6 is 11.3 Å². The average molecular weight is 391 g/mol. The highest BCUT2D eigenvalue weighted by Gasteiger charge is 2.30. The SMILES string of the molecule is CCOC(=O)C1CCN(C(=O)c2c[nH]c(=O)n(Cc3cccs3)c2=O)CC1. The topological polar surface area (TPSA) is 101 Å². The highest BCUT2D eigenvalue weighted by Crippen LogP contribution is 2.19. The average Bonchev–Trinajstić information content (AvgIpc) is 3.18. The molecule has 2 aromatic rings. The Kier molecular flexibility index (Phi) is 5.90. The molecule has 1 aliphatic rings. The number of likely N-dealkylation sites (tertiary alicyclic amines) is 1. The van der Waals surface area contributed by atoms with Crippen molar-refractivity contribution in [2.75, 3.05) is 19.7 Å². The lowest BCUT2D eigenvalue weighted by atomic mass is 9.96. The number of hydrogen-bond donors (Lipinski definition) is 1. The minimum Gasteiger partial charge on any atom is -0.466 e. The van der Waals surface area contributed by atoms with E-state index >= 15 is 0 Å². The standard InChI is InChI=1S/C18H21N3O5S/c1-2-26-17(24)12-5-7-20(8-6-12)15(22)14-10-19-18(25)21(16(14)23)11-13-4-3-9-27-13/h3-4,9-10,12H,2,5-8,11H2,1H3,(H,19,25). The molecule has 0 unspecified atom stereocenters. The molecule has 0 bridgehead atoms. The highest BCUT2D eigenvalue weighted by molar-refractivity contribution is 7.09. The van der Waals surface area contributed by atoms with Crippen LogP contribution < -0.4 is 11.2 Å². The van der Waals surface area contributed by atoms with Crippen LogP contribution in [0.15, 0.2) is 33.3 Å². The van der Waals surface area contributed by atoms with Crippen molar-refractivity contribution >= 4 is 23.2 Å². The number of esters is 1. The number of hydrogen-bond acceptors (Lipinski definition) is 6. The summed E-state index contributed by atoms with van der Waals surface area (Å²) < 4.78 is 6.06. The van der Waals surface area contributed by atoms with Crippen LogP contribution in [-0.4, -0.2) is 46.0 Å². The van der Waals surface area contributed by atoms with Crippen molar-refractivity contribution < 1.29 is 14.3 Å². The highest BCUT2D eigenvalue weighted by atomic mass is 32.1. The number of ether oxygens (including phenoxy) is 1. The Hall–Kier alpha value is -2.68. The van der Waals surface area contributed by atoms with Crippen LogP contribution in [0.1, 0.15) is 35.0 Å². The molecule has 0 atom stereocenters. The van der Waals surface area contributed by atoms with E-state index in [1.807, 2.05) is 17.5 Å². The van der Waals surface area contributed by atoms with Gasteiger partial charge in [0.05, 0.1) is 19.1 Å². The summed E-state index contributed by atoms with van der Waals surface area (Å²) in [7, 11) is 0. The lowest BCUT2D eigenvalue weighted by Crippen LogP contribution is -2.45. The largest absolute Gasteiger partial charge is 0.466 e. The Labute approximate surface area is 159 Å². The number of amides is 1. The summed E-state index contributed by atoms with van der Waals surface area (Å²) in [5.41, 5.74) is -1.23. The molecule has 1 amide bonds. The van der Waals surface area contributed by atoms with Crippen LogP contribution in [-0.2, 0) is 16.1 Å². The molecule has 2 aromatic heterocycles. The third-order valence-electron chi connectivity index (χ3n) is 4.59. The van der Waals surface area contributed by atoms with Gasteiger partial charge in [-0.25, -0.2) is 4.79 Å². The van der Waals surface area contributed by atoms with E-state index in [9.17, 15) is 19.2 Å². The zero-order valence-corrected chi connectivity index (χ0v) is 15.8. The van der Waals surface area contributed by atoms with Gasteiger partial charge in [-0.05, 0) is 31.2 Å². The molecule has 1 aliphatic heterocycles. The maximum atomic E-state index is 12.8. The predicted molar refractivity (Wildman–Crippen MR) is 100 cm³/mol. The van der Waals surface area contributed by atoms with Crippen LogP contribution in [0.2, 0.25) is 0 Å². The quantitative estimate of drug-likeness (QED) is 0.768. The monoisotopic (exact) mass is 391 g/mol. The number of aromatic amines is 1. The van der Waals surface area contributed by atoms with Gasteiger partial charge in [0.1, 0.15) is 5.56 Å². The summed E-state index contributed by atoms with van der Waals surface area (Å²) in [5.74, 6) is -0.898. The predicted octanol–water partition coefficient (Wildman–Crippen LogP) is 1.06. The minimum absolute atomic E-state index is 0.0688. The van der Waals surface area contributed by atoms with Crippen molar-refractivity contribution in [2.24, 2.45) is 5.92 Å². The molecule has 144 valence electrons. The van der Waals surface area contributed by atoms with Crippen molar-refractivity contribution in [3.05, 3.63) is 55.0 Å².